The van der Waals surface area contributed by atoms with E-state index in [2.05, 4.69) is 17.2 Å². The zero-order valence-corrected chi connectivity index (χ0v) is 20.5. The summed E-state index contributed by atoms with van der Waals surface area (Å²) < 4.78 is 11.2. The maximum atomic E-state index is 10.3. The van der Waals surface area contributed by atoms with E-state index < -0.39 is 6.10 Å². The molecule has 2 N–H and O–H groups in total. The second-order valence-electron chi connectivity index (χ2n) is 7.15. The third-order valence-electron chi connectivity index (χ3n) is 4.69. The van der Waals surface area contributed by atoms with Crippen LogP contribution in [0.2, 0.25) is 10.0 Å². The molecule has 0 aliphatic rings. The molecule has 1 atom stereocenters. The number of benzene rings is 3. The molecule has 0 saturated heterocycles. The number of hydrogen-bond donors (Lipinski definition) is 2. The number of aliphatic hydroxyl groups is 1. The second kappa shape index (κ2) is 14.0. The number of hydrogen-bond acceptors (Lipinski definition) is 4. The molecule has 4 nitrogen and oxygen atoms in total. The number of halogens is 3. The molecule has 3 aromatic rings. The van der Waals surface area contributed by atoms with E-state index in [0.29, 0.717) is 34.6 Å². The first kappa shape index (κ1) is 26.9. The van der Waals surface area contributed by atoms with E-state index >= 15 is 0 Å². The zero-order chi connectivity index (χ0) is 22.8. The average Bonchev–Trinajstić information content (AvgIpc) is 2.82. The summed E-state index contributed by atoms with van der Waals surface area (Å²) in [5.74, 6) is 7.50. The smallest absolute Gasteiger partial charge is 0.138 e. The second-order valence-corrected chi connectivity index (χ2v) is 7.96. The van der Waals surface area contributed by atoms with Gasteiger partial charge in [0, 0.05) is 18.2 Å². The van der Waals surface area contributed by atoms with Crippen LogP contribution in [-0.4, -0.2) is 38.0 Å². The third kappa shape index (κ3) is 8.81. The van der Waals surface area contributed by atoms with Gasteiger partial charge in [0.15, 0.2) is 0 Å². The van der Waals surface area contributed by atoms with Crippen molar-refractivity contribution < 1.29 is 14.6 Å². The number of aliphatic hydroxyl groups excluding tert-OH is 1. The fourth-order valence-electron chi connectivity index (χ4n) is 2.95. The Labute approximate surface area is 211 Å². The molecule has 174 valence electrons. The molecule has 0 heterocycles. The molecule has 0 spiro atoms. The minimum absolute atomic E-state index is 0. The Bertz CT molecular complexity index is 1080. The van der Waals surface area contributed by atoms with Crippen LogP contribution in [0.25, 0.3) is 0 Å². The van der Waals surface area contributed by atoms with Gasteiger partial charge in [-0.2, -0.15) is 0 Å². The standard InChI is InChI=1S/C26H25Cl2NO3.ClH/c1-31-23-11-10-21(9-7-19-5-3-2-4-6-19)26(16-23)32-18-22(30)17-29-14-13-20-8-12-24(27)25(28)15-20;/h2-6,8,10-12,15-16,22,29-30H,13-14,17-18H2,1H3;1H. The first-order valence-corrected chi connectivity index (χ1v) is 11.0. The van der Waals surface area contributed by atoms with Crippen LogP contribution < -0.4 is 14.8 Å². The lowest BCUT2D eigenvalue weighted by Crippen LogP contribution is -2.32. The Balaban J connectivity index is 0.00000385. The van der Waals surface area contributed by atoms with Crippen LogP contribution in [0, 0.1) is 11.8 Å². The number of ether oxygens (including phenoxy) is 2. The maximum Gasteiger partial charge on any atom is 0.138 e. The number of rotatable bonds is 9. The van der Waals surface area contributed by atoms with Crippen molar-refractivity contribution in [3.8, 4) is 23.3 Å². The molecule has 1 unspecified atom stereocenters. The lowest BCUT2D eigenvalue weighted by atomic mass is 10.1. The van der Waals surface area contributed by atoms with Crippen molar-refractivity contribution in [3.05, 3.63) is 93.5 Å². The van der Waals surface area contributed by atoms with Gasteiger partial charge < -0.3 is 19.9 Å². The monoisotopic (exact) mass is 505 g/mol. The van der Waals surface area contributed by atoms with Gasteiger partial charge in [0.1, 0.15) is 24.2 Å². The number of nitrogens with one attached hydrogen (secondary N) is 1. The van der Waals surface area contributed by atoms with Crippen molar-refractivity contribution in [1.29, 1.82) is 0 Å². The predicted octanol–water partition coefficient (Wildman–Crippen LogP) is 5.40. The molecule has 3 aromatic carbocycles. The molecular formula is C26H26Cl3NO3. The van der Waals surface area contributed by atoms with Gasteiger partial charge in [0.2, 0.25) is 0 Å². The van der Waals surface area contributed by atoms with Crippen LogP contribution >= 0.6 is 35.6 Å². The largest absolute Gasteiger partial charge is 0.497 e. The van der Waals surface area contributed by atoms with Gasteiger partial charge in [-0.25, -0.2) is 0 Å². The topological polar surface area (TPSA) is 50.7 Å². The Morgan fingerprint density at radius 2 is 1.76 bits per heavy atom. The van der Waals surface area contributed by atoms with E-state index in [9.17, 15) is 5.11 Å². The molecule has 0 bridgehead atoms. The van der Waals surface area contributed by atoms with Gasteiger partial charge in [-0.05, 0) is 54.9 Å². The van der Waals surface area contributed by atoms with Crippen LogP contribution in [0.1, 0.15) is 16.7 Å². The highest BCUT2D eigenvalue weighted by molar-refractivity contribution is 6.42. The van der Waals surface area contributed by atoms with Gasteiger partial charge in [-0.15, -0.1) is 12.4 Å². The van der Waals surface area contributed by atoms with E-state index in [-0.39, 0.29) is 19.0 Å². The Hall–Kier alpha value is -2.39. The summed E-state index contributed by atoms with van der Waals surface area (Å²) in [5.41, 5.74) is 2.73. The van der Waals surface area contributed by atoms with Gasteiger partial charge in [0.25, 0.3) is 0 Å². The average molecular weight is 507 g/mol. The first-order chi connectivity index (χ1) is 15.5. The molecular weight excluding hydrogens is 481 g/mol. The number of methoxy groups -OCH3 is 1. The van der Waals surface area contributed by atoms with Crippen molar-refractivity contribution in [3.63, 3.8) is 0 Å². The van der Waals surface area contributed by atoms with Gasteiger partial charge in [-0.1, -0.05) is 59.3 Å². The summed E-state index contributed by atoms with van der Waals surface area (Å²) in [6.07, 6.45) is 0.101. The molecule has 0 aliphatic carbocycles. The summed E-state index contributed by atoms with van der Waals surface area (Å²) in [7, 11) is 1.60. The summed E-state index contributed by atoms with van der Waals surface area (Å²) in [5, 5.41) is 14.6. The highest BCUT2D eigenvalue weighted by Gasteiger charge is 2.09. The van der Waals surface area contributed by atoms with E-state index in [1.54, 1.807) is 19.2 Å². The quantitative estimate of drug-likeness (QED) is 0.302. The summed E-state index contributed by atoms with van der Waals surface area (Å²) >= 11 is 12.0. The lowest BCUT2D eigenvalue weighted by Gasteiger charge is -2.15. The van der Waals surface area contributed by atoms with Crippen molar-refractivity contribution >= 4 is 35.6 Å². The van der Waals surface area contributed by atoms with Crippen LogP contribution in [0.4, 0.5) is 0 Å². The molecule has 7 heteroatoms. The minimum atomic E-state index is -0.676. The van der Waals surface area contributed by atoms with E-state index in [4.69, 9.17) is 32.7 Å². The third-order valence-corrected chi connectivity index (χ3v) is 5.43. The van der Waals surface area contributed by atoms with Gasteiger partial charge in [0.05, 0.1) is 22.7 Å². The van der Waals surface area contributed by atoms with E-state index in [1.165, 1.54) is 0 Å². The molecule has 0 fully saturated rings. The Morgan fingerprint density at radius 3 is 2.48 bits per heavy atom. The van der Waals surface area contributed by atoms with Crippen LogP contribution in [0.3, 0.4) is 0 Å². The van der Waals surface area contributed by atoms with E-state index in [0.717, 1.165) is 23.1 Å². The molecule has 3 rings (SSSR count). The summed E-state index contributed by atoms with van der Waals surface area (Å²) in [6.45, 7) is 1.23. The fourth-order valence-corrected chi connectivity index (χ4v) is 3.28. The van der Waals surface area contributed by atoms with E-state index in [1.807, 2.05) is 54.6 Å². The van der Waals surface area contributed by atoms with Crippen LogP contribution in [-0.2, 0) is 6.42 Å². The molecule has 0 aliphatic heterocycles. The Kier molecular flexibility index (Phi) is 11.4. The summed E-state index contributed by atoms with van der Waals surface area (Å²) in [6, 6.07) is 20.8. The first-order valence-electron chi connectivity index (χ1n) is 10.3. The van der Waals surface area contributed by atoms with Crippen molar-refractivity contribution in [2.75, 3.05) is 26.8 Å². The van der Waals surface area contributed by atoms with Crippen LogP contribution in [0.5, 0.6) is 11.5 Å². The molecule has 0 amide bonds. The van der Waals surface area contributed by atoms with Gasteiger partial charge in [-0.3, -0.25) is 0 Å². The van der Waals surface area contributed by atoms with Gasteiger partial charge >= 0.3 is 0 Å². The van der Waals surface area contributed by atoms with Crippen molar-refractivity contribution in [2.45, 2.75) is 12.5 Å². The molecule has 33 heavy (non-hydrogen) atoms. The van der Waals surface area contributed by atoms with Crippen LogP contribution in [0.15, 0.2) is 66.7 Å². The molecule has 0 aromatic heterocycles. The highest BCUT2D eigenvalue weighted by atomic mass is 35.5. The maximum absolute atomic E-state index is 10.3. The Morgan fingerprint density at radius 1 is 0.970 bits per heavy atom. The minimum Gasteiger partial charge on any atom is -0.497 e. The molecule has 0 saturated carbocycles. The van der Waals surface area contributed by atoms with Crippen molar-refractivity contribution in [1.82, 2.24) is 5.32 Å². The molecule has 0 radical (unpaired) electrons. The summed E-state index contributed by atoms with van der Waals surface area (Å²) in [4.78, 5) is 0. The zero-order valence-electron chi connectivity index (χ0n) is 18.2. The fraction of sp³-hybridized carbons (Fsp3) is 0.231. The SMILES string of the molecule is COc1ccc(C#Cc2ccccc2)c(OCC(O)CNCCc2ccc(Cl)c(Cl)c2)c1.Cl. The highest BCUT2D eigenvalue weighted by Crippen LogP contribution is 2.25. The lowest BCUT2D eigenvalue weighted by molar-refractivity contribution is 0.106. The van der Waals surface area contributed by atoms with Crippen molar-refractivity contribution in [2.24, 2.45) is 0 Å². The normalized spacial score (nSPS) is 11.0. The predicted molar refractivity (Wildman–Crippen MR) is 137 cm³/mol.